The number of hydrogen-bond donors (Lipinski definition) is 1. The molecule has 0 amide bonds. The van der Waals surface area contributed by atoms with Gasteiger partial charge >= 0.3 is 0 Å². The van der Waals surface area contributed by atoms with Crippen molar-refractivity contribution in [2.45, 2.75) is 10.5 Å². The van der Waals surface area contributed by atoms with Crippen LogP contribution in [0.3, 0.4) is 0 Å². The average molecular weight is 352 g/mol. The molecule has 3 aromatic rings. The van der Waals surface area contributed by atoms with E-state index in [0.717, 1.165) is 11.1 Å². The smallest absolute Gasteiger partial charge is 0.126 e. The maximum atomic E-state index is 12.9. The standard InChI is InChI=1S/C21H20O3S/c1-24-19-12-14-20(15-13-19)25(23)16-21(22,17-8-4-2-5-9-17)18-10-6-3-7-11-18/h2-15,22H,16H2,1H3/t25-/m0/s1. The van der Waals surface area contributed by atoms with Gasteiger partial charge in [0, 0.05) is 4.90 Å². The molecule has 0 saturated carbocycles. The van der Waals surface area contributed by atoms with E-state index >= 15 is 0 Å². The van der Waals surface area contributed by atoms with Gasteiger partial charge in [0.1, 0.15) is 11.4 Å². The minimum absolute atomic E-state index is 0.0767. The lowest BCUT2D eigenvalue weighted by molar-refractivity contribution is 0.106. The molecule has 0 unspecified atom stereocenters. The molecule has 128 valence electrons. The van der Waals surface area contributed by atoms with E-state index in [4.69, 9.17) is 4.74 Å². The summed E-state index contributed by atoms with van der Waals surface area (Å²) in [5.41, 5.74) is 0.124. The van der Waals surface area contributed by atoms with Gasteiger partial charge in [0.2, 0.25) is 0 Å². The van der Waals surface area contributed by atoms with Gasteiger partial charge < -0.3 is 9.84 Å². The molecule has 3 nitrogen and oxygen atoms in total. The van der Waals surface area contributed by atoms with Crippen molar-refractivity contribution in [1.82, 2.24) is 0 Å². The molecular formula is C21H20O3S. The molecule has 0 heterocycles. The third kappa shape index (κ3) is 3.81. The zero-order valence-corrected chi connectivity index (χ0v) is 14.8. The third-order valence-corrected chi connectivity index (χ3v) is 5.64. The van der Waals surface area contributed by atoms with Gasteiger partial charge in [0.05, 0.1) is 23.7 Å². The van der Waals surface area contributed by atoms with Crippen molar-refractivity contribution >= 4 is 10.8 Å². The number of aliphatic hydroxyl groups is 1. The highest BCUT2D eigenvalue weighted by Gasteiger charge is 2.34. The molecule has 1 N–H and O–H groups in total. The Morgan fingerprint density at radius 2 is 1.32 bits per heavy atom. The zero-order valence-electron chi connectivity index (χ0n) is 14.0. The van der Waals surface area contributed by atoms with Crippen molar-refractivity contribution in [3.63, 3.8) is 0 Å². The molecule has 3 aromatic carbocycles. The van der Waals surface area contributed by atoms with Gasteiger partial charge in [-0.25, -0.2) is 0 Å². The lowest BCUT2D eigenvalue weighted by atomic mass is 9.88. The number of methoxy groups -OCH3 is 1. The molecule has 0 saturated heterocycles. The summed E-state index contributed by atoms with van der Waals surface area (Å²) >= 11 is 0. The van der Waals surface area contributed by atoms with Crippen LogP contribution >= 0.6 is 0 Å². The summed E-state index contributed by atoms with van der Waals surface area (Å²) in [6, 6.07) is 25.8. The molecule has 1 atom stereocenters. The second-order valence-electron chi connectivity index (χ2n) is 5.76. The minimum atomic E-state index is -1.37. The molecule has 0 fully saturated rings. The largest absolute Gasteiger partial charge is 0.497 e. The Bertz CT molecular complexity index is 791. The van der Waals surface area contributed by atoms with E-state index in [9.17, 15) is 9.32 Å². The van der Waals surface area contributed by atoms with Crippen LogP contribution in [0.5, 0.6) is 5.75 Å². The Morgan fingerprint density at radius 3 is 1.76 bits per heavy atom. The van der Waals surface area contributed by atoms with Crippen LogP contribution in [0, 0.1) is 0 Å². The molecule has 0 aliphatic carbocycles. The van der Waals surface area contributed by atoms with E-state index in [-0.39, 0.29) is 5.75 Å². The van der Waals surface area contributed by atoms with Crippen LogP contribution in [-0.4, -0.2) is 22.2 Å². The predicted octanol–water partition coefficient (Wildman–Crippen LogP) is 3.74. The predicted molar refractivity (Wildman–Crippen MR) is 100 cm³/mol. The van der Waals surface area contributed by atoms with Crippen LogP contribution in [0.2, 0.25) is 0 Å². The average Bonchev–Trinajstić information content (AvgIpc) is 2.69. The van der Waals surface area contributed by atoms with Gasteiger partial charge in [-0.3, -0.25) is 4.21 Å². The second-order valence-corrected chi connectivity index (χ2v) is 7.21. The molecule has 0 spiro atoms. The molecule has 0 bridgehead atoms. The first-order chi connectivity index (χ1) is 12.1. The van der Waals surface area contributed by atoms with Gasteiger partial charge in [0.15, 0.2) is 0 Å². The maximum Gasteiger partial charge on any atom is 0.126 e. The molecule has 0 aliphatic rings. The normalized spacial score (nSPS) is 12.6. The quantitative estimate of drug-likeness (QED) is 0.735. The van der Waals surface area contributed by atoms with Gasteiger partial charge in [-0.15, -0.1) is 0 Å². The van der Waals surface area contributed by atoms with Gasteiger partial charge in [-0.05, 0) is 35.4 Å². The monoisotopic (exact) mass is 352 g/mol. The second kappa shape index (κ2) is 7.64. The Kier molecular flexibility index (Phi) is 5.31. The number of rotatable bonds is 6. The Balaban J connectivity index is 1.96. The molecular weight excluding hydrogens is 332 g/mol. The number of benzene rings is 3. The summed E-state index contributed by atoms with van der Waals surface area (Å²) in [6.07, 6.45) is 0. The minimum Gasteiger partial charge on any atom is -0.497 e. The van der Waals surface area contributed by atoms with Crippen LogP contribution in [0.15, 0.2) is 89.8 Å². The van der Waals surface area contributed by atoms with E-state index in [2.05, 4.69) is 0 Å². The highest BCUT2D eigenvalue weighted by atomic mass is 32.2. The van der Waals surface area contributed by atoms with Crippen LogP contribution in [0.25, 0.3) is 0 Å². The highest BCUT2D eigenvalue weighted by Crippen LogP contribution is 2.32. The van der Waals surface area contributed by atoms with Crippen molar-refractivity contribution in [2.24, 2.45) is 0 Å². The summed E-state index contributed by atoms with van der Waals surface area (Å²) in [4.78, 5) is 0.658. The van der Waals surface area contributed by atoms with Crippen molar-refractivity contribution in [3.8, 4) is 5.75 Å². The molecule has 25 heavy (non-hydrogen) atoms. The van der Waals surface area contributed by atoms with E-state index in [1.165, 1.54) is 0 Å². The van der Waals surface area contributed by atoms with E-state index in [1.54, 1.807) is 31.4 Å². The zero-order chi connectivity index (χ0) is 17.7. The fourth-order valence-corrected chi connectivity index (χ4v) is 4.08. The van der Waals surface area contributed by atoms with Crippen molar-refractivity contribution in [1.29, 1.82) is 0 Å². The van der Waals surface area contributed by atoms with Gasteiger partial charge in [-0.1, -0.05) is 60.7 Å². The topological polar surface area (TPSA) is 46.5 Å². The molecule has 3 rings (SSSR count). The van der Waals surface area contributed by atoms with E-state index in [0.29, 0.717) is 10.6 Å². The Morgan fingerprint density at radius 1 is 0.840 bits per heavy atom. The Hall–Kier alpha value is -2.43. The summed E-state index contributed by atoms with van der Waals surface area (Å²) in [5.74, 6) is 0.787. The van der Waals surface area contributed by atoms with E-state index < -0.39 is 16.4 Å². The lowest BCUT2D eigenvalue weighted by Crippen LogP contribution is -2.33. The first-order valence-corrected chi connectivity index (χ1v) is 9.31. The maximum absolute atomic E-state index is 12.9. The summed E-state index contributed by atoms with van der Waals surface area (Å²) in [5, 5.41) is 11.5. The SMILES string of the molecule is COc1ccc([S@@](=O)CC(O)(c2ccccc2)c2ccccc2)cc1. The van der Waals surface area contributed by atoms with Crippen molar-refractivity contribution < 1.29 is 14.1 Å². The van der Waals surface area contributed by atoms with E-state index in [1.807, 2.05) is 60.7 Å². The highest BCUT2D eigenvalue weighted by molar-refractivity contribution is 7.85. The summed E-state index contributed by atoms with van der Waals surface area (Å²) in [6.45, 7) is 0. The Labute approximate surface area is 150 Å². The van der Waals surface area contributed by atoms with Crippen LogP contribution in [0.1, 0.15) is 11.1 Å². The van der Waals surface area contributed by atoms with Crippen LogP contribution in [-0.2, 0) is 16.4 Å². The number of ether oxygens (including phenoxy) is 1. The first kappa shape index (κ1) is 17.4. The van der Waals surface area contributed by atoms with Crippen LogP contribution in [0.4, 0.5) is 0 Å². The summed E-state index contributed by atoms with van der Waals surface area (Å²) < 4.78 is 18.1. The molecule has 0 aromatic heterocycles. The fraction of sp³-hybridized carbons (Fsp3) is 0.143. The number of hydrogen-bond acceptors (Lipinski definition) is 3. The van der Waals surface area contributed by atoms with Crippen LogP contribution < -0.4 is 4.74 Å². The molecule has 0 aliphatic heterocycles. The summed E-state index contributed by atoms with van der Waals surface area (Å²) in [7, 11) is 0.223. The molecule has 0 radical (unpaired) electrons. The van der Waals surface area contributed by atoms with Gasteiger partial charge in [-0.2, -0.15) is 0 Å². The lowest BCUT2D eigenvalue weighted by Gasteiger charge is -2.29. The van der Waals surface area contributed by atoms with Crippen molar-refractivity contribution in [3.05, 3.63) is 96.1 Å². The molecule has 4 heteroatoms. The van der Waals surface area contributed by atoms with Gasteiger partial charge in [0.25, 0.3) is 0 Å². The first-order valence-electron chi connectivity index (χ1n) is 7.99. The third-order valence-electron chi connectivity index (χ3n) is 4.17. The van der Waals surface area contributed by atoms with Crippen molar-refractivity contribution in [2.75, 3.05) is 12.9 Å². The fourth-order valence-electron chi connectivity index (χ4n) is 2.76.